The number of aromatic nitrogens is 4. The Bertz CT molecular complexity index is 2250. The first-order valence-corrected chi connectivity index (χ1v) is 15.8. The fourth-order valence-electron chi connectivity index (χ4n) is 6.47. The monoisotopic (exact) mass is 622 g/mol. The molecule has 236 valence electrons. The second kappa shape index (κ2) is 12.0. The van der Waals surface area contributed by atoms with Gasteiger partial charge in [-0.2, -0.15) is 5.10 Å². The Balaban J connectivity index is 1.26. The van der Waals surface area contributed by atoms with Crippen molar-refractivity contribution in [2.75, 3.05) is 14.2 Å². The summed E-state index contributed by atoms with van der Waals surface area (Å²) in [6.45, 7) is 10.6. The summed E-state index contributed by atoms with van der Waals surface area (Å²) < 4.78 is 22.3. The van der Waals surface area contributed by atoms with Crippen LogP contribution in [-0.4, -0.2) is 33.6 Å². The van der Waals surface area contributed by atoms with Gasteiger partial charge in [-0.05, 0) is 91.4 Å². The van der Waals surface area contributed by atoms with Crippen molar-refractivity contribution in [3.8, 4) is 45.6 Å². The van der Waals surface area contributed by atoms with Gasteiger partial charge in [0.05, 0.1) is 42.7 Å². The van der Waals surface area contributed by atoms with Crippen molar-refractivity contribution in [3.63, 3.8) is 0 Å². The van der Waals surface area contributed by atoms with Crippen LogP contribution in [0.25, 0.3) is 44.4 Å². The minimum Gasteiger partial charge on any atom is -0.496 e. The van der Waals surface area contributed by atoms with E-state index in [1.54, 1.807) is 14.2 Å². The lowest BCUT2D eigenvalue weighted by Gasteiger charge is -2.19. The first-order chi connectivity index (χ1) is 22.8. The third-order valence-corrected chi connectivity index (χ3v) is 9.17. The van der Waals surface area contributed by atoms with E-state index in [0.29, 0.717) is 11.7 Å². The van der Waals surface area contributed by atoms with Crippen molar-refractivity contribution in [2.45, 2.75) is 40.5 Å². The van der Waals surface area contributed by atoms with Gasteiger partial charge < -0.3 is 14.2 Å². The largest absolute Gasteiger partial charge is 0.496 e. The quantitative estimate of drug-likeness (QED) is 0.169. The number of methoxy groups -OCH3 is 2. The number of hydrogen-bond donors (Lipinski definition) is 0. The first-order valence-electron chi connectivity index (χ1n) is 15.8. The summed E-state index contributed by atoms with van der Waals surface area (Å²) in [5.41, 5.74) is 9.39. The predicted molar refractivity (Wildman–Crippen MR) is 189 cm³/mol. The molecule has 0 aliphatic carbocycles. The third kappa shape index (κ3) is 5.18. The Hall–Kier alpha value is -5.56. The molecule has 0 saturated carbocycles. The molecular weight excluding hydrogens is 584 g/mol. The third-order valence-electron chi connectivity index (χ3n) is 9.17. The number of hydrogen-bond acceptors (Lipinski definition) is 5. The van der Waals surface area contributed by atoms with Crippen LogP contribution in [0.1, 0.15) is 42.0 Å². The molecule has 4 aromatic carbocycles. The molecule has 7 nitrogen and oxygen atoms in total. The van der Waals surface area contributed by atoms with Crippen LogP contribution < -0.4 is 14.2 Å². The van der Waals surface area contributed by atoms with Crippen molar-refractivity contribution >= 4 is 21.8 Å². The molecule has 0 atom stereocenters. The van der Waals surface area contributed by atoms with Gasteiger partial charge in [0.1, 0.15) is 28.8 Å². The zero-order chi connectivity index (χ0) is 32.8. The molecule has 0 spiro atoms. The van der Waals surface area contributed by atoms with Crippen LogP contribution in [0.5, 0.6) is 23.0 Å². The summed E-state index contributed by atoms with van der Waals surface area (Å²) in [6, 6.07) is 26.9. The van der Waals surface area contributed by atoms with E-state index in [0.717, 1.165) is 73.0 Å². The molecule has 0 N–H and O–H groups in total. The van der Waals surface area contributed by atoms with Crippen molar-refractivity contribution in [1.82, 2.24) is 19.3 Å². The van der Waals surface area contributed by atoms with Gasteiger partial charge in [0.15, 0.2) is 0 Å². The summed E-state index contributed by atoms with van der Waals surface area (Å²) in [5, 5.41) is 7.04. The average molecular weight is 623 g/mol. The summed E-state index contributed by atoms with van der Waals surface area (Å²) in [6.07, 6.45) is 5.73. The summed E-state index contributed by atoms with van der Waals surface area (Å²) in [4.78, 5) is 4.78. The van der Waals surface area contributed by atoms with E-state index in [9.17, 15) is 0 Å². The molecule has 7 rings (SSSR count). The highest BCUT2D eigenvalue weighted by atomic mass is 16.5. The highest BCUT2D eigenvalue weighted by molar-refractivity contribution is 6.09. The second-order valence-electron chi connectivity index (χ2n) is 12.2. The van der Waals surface area contributed by atoms with E-state index >= 15 is 0 Å². The number of para-hydroxylation sites is 1. The van der Waals surface area contributed by atoms with Gasteiger partial charge in [-0.3, -0.25) is 4.57 Å². The Kier molecular flexibility index (Phi) is 7.68. The molecule has 0 aliphatic rings. The fourth-order valence-corrected chi connectivity index (χ4v) is 6.47. The number of nitrogens with zero attached hydrogens (tertiary/aromatic N) is 4. The van der Waals surface area contributed by atoms with E-state index in [-0.39, 0.29) is 0 Å². The summed E-state index contributed by atoms with van der Waals surface area (Å²) in [7, 11) is 3.39. The van der Waals surface area contributed by atoms with Crippen molar-refractivity contribution in [2.24, 2.45) is 0 Å². The topological polar surface area (TPSA) is 63.3 Å². The summed E-state index contributed by atoms with van der Waals surface area (Å²) in [5.74, 6) is 4.32. The van der Waals surface area contributed by atoms with Crippen LogP contribution >= 0.6 is 0 Å². The van der Waals surface area contributed by atoms with Crippen molar-refractivity contribution < 1.29 is 14.2 Å². The highest BCUT2D eigenvalue weighted by Gasteiger charge is 2.22. The van der Waals surface area contributed by atoms with Gasteiger partial charge in [-0.15, -0.1) is 0 Å². The van der Waals surface area contributed by atoms with Crippen LogP contribution in [0.3, 0.4) is 0 Å². The van der Waals surface area contributed by atoms with E-state index in [1.807, 2.05) is 53.6 Å². The maximum absolute atomic E-state index is 6.49. The van der Waals surface area contributed by atoms with E-state index in [2.05, 4.69) is 87.7 Å². The van der Waals surface area contributed by atoms with Gasteiger partial charge in [0.2, 0.25) is 0 Å². The maximum Gasteiger partial charge on any atom is 0.137 e. The lowest BCUT2D eigenvalue weighted by Crippen LogP contribution is -2.01. The molecule has 0 bridgehead atoms. The Morgan fingerprint density at radius 1 is 0.702 bits per heavy atom. The molecule has 7 aromatic rings. The van der Waals surface area contributed by atoms with E-state index in [1.165, 1.54) is 10.9 Å². The normalized spacial score (nSPS) is 11.5. The van der Waals surface area contributed by atoms with Crippen LogP contribution in [0.4, 0.5) is 0 Å². The Labute approximate surface area is 275 Å². The Morgan fingerprint density at radius 2 is 1.43 bits per heavy atom. The number of fused-ring (bicyclic) bond motifs is 3. The maximum atomic E-state index is 6.49. The predicted octanol–water partition coefficient (Wildman–Crippen LogP) is 9.89. The molecule has 3 heterocycles. The highest BCUT2D eigenvalue weighted by Crippen LogP contribution is 2.45. The SMILES string of the molecule is COc1c(C)c(C)c(C)c(OC)c1-c1cnn(-c2cccc(Oc3ccc4c5ccccc5n(-c5cc(C(C)C)ccn5)c4c3)c2)c1. The average Bonchev–Trinajstić information content (AvgIpc) is 3.70. The van der Waals surface area contributed by atoms with Crippen molar-refractivity contribution in [3.05, 3.63) is 120 Å². The molecule has 0 fully saturated rings. The van der Waals surface area contributed by atoms with Gasteiger partial charge in [0, 0.05) is 40.9 Å². The number of benzene rings is 4. The number of ether oxygens (including phenoxy) is 3. The molecule has 3 aromatic heterocycles. The minimum atomic E-state index is 0.399. The molecule has 0 unspecified atom stereocenters. The van der Waals surface area contributed by atoms with Gasteiger partial charge in [-0.25, -0.2) is 9.67 Å². The zero-order valence-corrected chi connectivity index (χ0v) is 27.8. The van der Waals surface area contributed by atoms with Crippen LogP contribution in [0.15, 0.2) is 97.5 Å². The summed E-state index contributed by atoms with van der Waals surface area (Å²) >= 11 is 0. The molecule has 0 saturated heterocycles. The van der Waals surface area contributed by atoms with Crippen LogP contribution in [-0.2, 0) is 0 Å². The second-order valence-corrected chi connectivity index (χ2v) is 12.2. The zero-order valence-electron chi connectivity index (χ0n) is 27.8. The fraction of sp³-hybridized carbons (Fsp3) is 0.200. The first kappa shape index (κ1) is 30.1. The van der Waals surface area contributed by atoms with Gasteiger partial charge in [0.25, 0.3) is 0 Å². The lowest BCUT2D eigenvalue weighted by atomic mass is 9.94. The molecule has 0 amide bonds. The number of pyridine rings is 1. The van der Waals surface area contributed by atoms with E-state index < -0.39 is 0 Å². The molecular formula is C40H38N4O3. The molecule has 0 radical (unpaired) electrons. The van der Waals surface area contributed by atoms with Gasteiger partial charge in [-0.1, -0.05) is 38.1 Å². The standard InChI is InChI=1S/C40H38N4O3/c1-24(2)28-17-18-41-37(19-28)44-35-14-9-8-13-33(35)34-16-15-32(21-36(34)44)47-31-12-10-11-30(20-31)43-23-29(22-42-43)38-39(45-6)26(4)25(3)27(5)40(38)46-7/h8-24H,1-7H3. The van der Waals surface area contributed by atoms with Crippen LogP contribution in [0, 0.1) is 20.8 Å². The lowest BCUT2D eigenvalue weighted by molar-refractivity contribution is 0.393. The van der Waals surface area contributed by atoms with Gasteiger partial charge >= 0.3 is 0 Å². The Morgan fingerprint density at radius 3 is 2.17 bits per heavy atom. The smallest absolute Gasteiger partial charge is 0.137 e. The molecule has 7 heteroatoms. The minimum absolute atomic E-state index is 0.399. The molecule has 0 aliphatic heterocycles. The van der Waals surface area contributed by atoms with Crippen LogP contribution in [0.2, 0.25) is 0 Å². The van der Waals surface area contributed by atoms with Crippen molar-refractivity contribution in [1.29, 1.82) is 0 Å². The van der Waals surface area contributed by atoms with E-state index in [4.69, 9.17) is 24.3 Å². The number of rotatable bonds is 8. The molecule has 47 heavy (non-hydrogen) atoms.